The first-order chi connectivity index (χ1) is 12.1. The largest absolute Gasteiger partial charge is 0.379 e. The first kappa shape index (κ1) is 18.3. The Bertz CT molecular complexity index is 738. The molecule has 0 unspecified atom stereocenters. The summed E-state index contributed by atoms with van der Waals surface area (Å²) in [5, 5.41) is 0.829. The number of ether oxygens (including phenoxy) is 1. The predicted octanol–water partition coefficient (Wildman–Crippen LogP) is 3.38. The van der Waals surface area contributed by atoms with E-state index in [-0.39, 0.29) is 5.91 Å². The number of thiazole rings is 1. The Labute approximate surface area is 153 Å². The fraction of sp³-hybridized carbons (Fsp3) is 0.579. The molecule has 25 heavy (non-hydrogen) atoms. The van der Waals surface area contributed by atoms with E-state index in [1.807, 2.05) is 11.8 Å². The smallest absolute Gasteiger partial charge is 0.228 e. The summed E-state index contributed by atoms with van der Waals surface area (Å²) < 4.78 is 6.59. The van der Waals surface area contributed by atoms with Crippen molar-refractivity contribution >= 4 is 32.6 Å². The molecule has 1 aliphatic rings. The van der Waals surface area contributed by atoms with Crippen LogP contribution in [0.4, 0.5) is 5.13 Å². The van der Waals surface area contributed by atoms with Crippen LogP contribution in [-0.2, 0) is 9.53 Å². The van der Waals surface area contributed by atoms with Gasteiger partial charge in [-0.15, -0.1) is 0 Å². The maximum Gasteiger partial charge on any atom is 0.228 e. The van der Waals surface area contributed by atoms with Gasteiger partial charge in [0.1, 0.15) is 0 Å². The second-order valence-corrected chi connectivity index (χ2v) is 7.65. The number of aromatic nitrogens is 1. The van der Waals surface area contributed by atoms with Crippen LogP contribution in [0, 0.1) is 13.8 Å². The van der Waals surface area contributed by atoms with Crippen LogP contribution in [0.15, 0.2) is 12.1 Å². The summed E-state index contributed by atoms with van der Waals surface area (Å²) in [7, 11) is 0. The van der Waals surface area contributed by atoms with E-state index >= 15 is 0 Å². The lowest BCUT2D eigenvalue weighted by Gasteiger charge is -2.29. The van der Waals surface area contributed by atoms with E-state index in [0.717, 1.165) is 49.9 Å². The molecule has 0 saturated carbocycles. The van der Waals surface area contributed by atoms with Gasteiger partial charge in [0.05, 0.1) is 23.4 Å². The first-order valence-electron chi connectivity index (χ1n) is 9.06. The van der Waals surface area contributed by atoms with Crippen molar-refractivity contribution in [1.29, 1.82) is 0 Å². The number of hydrogen-bond donors (Lipinski definition) is 0. The molecule has 0 aliphatic carbocycles. The van der Waals surface area contributed by atoms with Crippen molar-refractivity contribution in [1.82, 2.24) is 9.88 Å². The van der Waals surface area contributed by atoms with Crippen LogP contribution in [0.25, 0.3) is 10.2 Å². The molecular formula is C19H27N3O2S. The zero-order valence-electron chi connectivity index (χ0n) is 15.4. The van der Waals surface area contributed by atoms with Crippen LogP contribution < -0.4 is 4.90 Å². The maximum absolute atomic E-state index is 12.7. The Morgan fingerprint density at radius 2 is 2.08 bits per heavy atom. The summed E-state index contributed by atoms with van der Waals surface area (Å²) in [4.78, 5) is 21.7. The fourth-order valence-electron chi connectivity index (χ4n) is 3.22. The van der Waals surface area contributed by atoms with Gasteiger partial charge in [0.15, 0.2) is 5.13 Å². The van der Waals surface area contributed by atoms with Gasteiger partial charge in [-0.1, -0.05) is 24.3 Å². The molecular weight excluding hydrogens is 334 g/mol. The van der Waals surface area contributed by atoms with Crippen molar-refractivity contribution in [3.05, 3.63) is 23.3 Å². The molecule has 6 heteroatoms. The van der Waals surface area contributed by atoms with Crippen LogP contribution in [0.1, 0.15) is 30.9 Å². The van der Waals surface area contributed by atoms with Gasteiger partial charge in [-0.3, -0.25) is 14.6 Å². The number of fused-ring (bicyclic) bond motifs is 1. The quantitative estimate of drug-likeness (QED) is 0.791. The van der Waals surface area contributed by atoms with Gasteiger partial charge in [0.25, 0.3) is 0 Å². The van der Waals surface area contributed by atoms with Gasteiger partial charge >= 0.3 is 0 Å². The number of hydrogen-bond acceptors (Lipinski definition) is 5. The normalized spacial score (nSPS) is 15.6. The Kier molecular flexibility index (Phi) is 6.04. The third-order valence-electron chi connectivity index (χ3n) is 4.55. The highest BCUT2D eigenvalue weighted by Gasteiger charge is 2.21. The van der Waals surface area contributed by atoms with E-state index in [1.54, 1.807) is 11.3 Å². The lowest BCUT2D eigenvalue weighted by Crippen LogP contribution is -2.43. The van der Waals surface area contributed by atoms with Crippen molar-refractivity contribution in [2.24, 2.45) is 0 Å². The molecule has 1 fully saturated rings. The standard InChI is InChI=1S/C19H27N3O2S/c1-4-5-17(23)22(7-6-21-8-10-24-11-9-21)19-20-16-13-14(2)12-15(3)18(16)25-19/h12-13H,4-11H2,1-3H3. The van der Waals surface area contributed by atoms with Crippen molar-refractivity contribution in [3.63, 3.8) is 0 Å². The predicted molar refractivity (Wildman–Crippen MR) is 104 cm³/mol. The van der Waals surface area contributed by atoms with Crippen LogP contribution in [-0.4, -0.2) is 55.2 Å². The third-order valence-corrected chi connectivity index (χ3v) is 5.78. The topological polar surface area (TPSA) is 45.7 Å². The molecule has 2 aromatic rings. The molecule has 136 valence electrons. The number of morpholine rings is 1. The van der Waals surface area contributed by atoms with Gasteiger partial charge in [0, 0.05) is 32.6 Å². The van der Waals surface area contributed by atoms with Crippen LogP contribution in [0.5, 0.6) is 0 Å². The van der Waals surface area contributed by atoms with Crippen LogP contribution >= 0.6 is 11.3 Å². The summed E-state index contributed by atoms with van der Waals surface area (Å²) in [6.07, 6.45) is 1.42. The third kappa shape index (κ3) is 4.37. The van der Waals surface area contributed by atoms with E-state index in [2.05, 4.69) is 30.9 Å². The maximum atomic E-state index is 12.7. The van der Waals surface area contributed by atoms with Gasteiger partial charge < -0.3 is 4.74 Å². The minimum absolute atomic E-state index is 0.171. The second kappa shape index (κ2) is 8.25. The number of benzene rings is 1. The summed E-state index contributed by atoms with van der Waals surface area (Å²) >= 11 is 1.63. The van der Waals surface area contributed by atoms with Crippen molar-refractivity contribution < 1.29 is 9.53 Å². The van der Waals surface area contributed by atoms with E-state index in [9.17, 15) is 4.79 Å². The molecule has 0 N–H and O–H groups in total. The highest BCUT2D eigenvalue weighted by Crippen LogP contribution is 2.32. The summed E-state index contributed by atoms with van der Waals surface area (Å²) in [6, 6.07) is 4.28. The Hall–Kier alpha value is -1.50. The molecule has 2 heterocycles. The van der Waals surface area contributed by atoms with E-state index < -0.39 is 0 Å². The number of carbonyl (C=O) groups is 1. The first-order valence-corrected chi connectivity index (χ1v) is 9.88. The molecule has 1 aliphatic heterocycles. The Balaban J connectivity index is 1.83. The second-order valence-electron chi connectivity index (χ2n) is 6.68. The number of amides is 1. The molecule has 1 saturated heterocycles. The molecule has 1 aromatic heterocycles. The van der Waals surface area contributed by atoms with E-state index in [4.69, 9.17) is 9.72 Å². The van der Waals surface area contributed by atoms with Crippen LogP contribution in [0.2, 0.25) is 0 Å². The Morgan fingerprint density at radius 3 is 2.80 bits per heavy atom. The number of anilines is 1. The monoisotopic (exact) mass is 361 g/mol. The highest BCUT2D eigenvalue weighted by atomic mass is 32.1. The van der Waals surface area contributed by atoms with Crippen molar-refractivity contribution in [3.8, 4) is 0 Å². The van der Waals surface area contributed by atoms with Crippen LogP contribution in [0.3, 0.4) is 0 Å². The number of nitrogens with zero attached hydrogens (tertiary/aromatic N) is 3. The number of rotatable bonds is 6. The molecule has 3 rings (SSSR count). The van der Waals surface area contributed by atoms with E-state index in [0.29, 0.717) is 13.0 Å². The lowest BCUT2D eigenvalue weighted by molar-refractivity contribution is -0.118. The van der Waals surface area contributed by atoms with Gasteiger partial charge in [-0.2, -0.15) is 0 Å². The molecule has 0 atom stereocenters. The number of carbonyl (C=O) groups excluding carboxylic acids is 1. The fourth-order valence-corrected chi connectivity index (χ4v) is 4.28. The summed E-state index contributed by atoms with van der Waals surface area (Å²) in [6.45, 7) is 11.2. The Morgan fingerprint density at radius 1 is 1.32 bits per heavy atom. The highest BCUT2D eigenvalue weighted by molar-refractivity contribution is 7.22. The van der Waals surface area contributed by atoms with Crippen molar-refractivity contribution in [2.45, 2.75) is 33.6 Å². The van der Waals surface area contributed by atoms with Gasteiger partial charge in [-0.25, -0.2) is 4.98 Å². The summed E-state index contributed by atoms with van der Waals surface area (Å²) in [5.74, 6) is 0.171. The zero-order valence-corrected chi connectivity index (χ0v) is 16.2. The molecule has 1 amide bonds. The summed E-state index contributed by atoms with van der Waals surface area (Å²) in [5.41, 5.74) is 3.44. The SMILES string of the molecule is CCCC(=O)N(CCN1CCOCC1)c1nc2cc(C)cc(C)c2s1. The average molecular weight is 362 g/mol. The van der Waals surface area contributed by atoms with E-state index in [1.165, 1.54) is 15.8 Å². The van der Waals surface area contributed by atoms with Gasteiger partial charge in [-0.05, 0) is 37.5 Å². The van der Waals surface area contributed by atoms with Crippen molar-refractivity contribution in [2.75, 3.05) is 44.3 Å². The molecule has 5 nitrogen and oxygen atoms in total. The average Bonchev–Trinajstić information content (AvgIpc) is 3.00. The minimum Gasteiger partial charge on any atom is -0.379 e. The molecule has 0 bridgehead atoms. The van der Waals surface area contributed by atoms with Gasteiger partial charge in [0.2, 0.25) is 5.91 Å². The molecule has 0 radical (unpaired) electrons. The molecule has 1 aromatic carbocycles. The minimum atomic E-state index is 0.171. The number of aryl methyl sites for hydroxylation is 2. The zero-order chi connectivity index (χ0) is 17.8. The lowest BCUT2D eigenvalue weighted by atomic mass is 10.1. The molecule has 0 spiro atoms.